The Morgan fingerprint density at radius 1 is 0.660 bits per heavy atom. The molecule has 1 aliphatic rings. The Kier molecular flexibility index (Phi) is 12.5. The molecular formula is C36H46N8O2S. The molecule has 11 heteroatoms. The van der Waals surface area contributed by atoms with Crippen molar-refractivity contribution >= 4 is 33.3 Å². The number of hydrogen-bond donors (Lipinski definition) is 2. The minimum Gasteiger partial charge on any atom is -0.369 e. The first-order chi connectivity index (χ1) is 22.5. The van der Waals surface area contributed by atoms with Crippen LogP contribution in [0.4, 0.5) is 11.4 Å². The second-order valence-corrected chi connectivity index (χ2v) is 13.6. The van der Waals surface area contributed by atoms with Gasteiger partial charge in [-0.05, 0) is 37.4 Å². The van der Waals surface area contributed by atoms with E-state index in [0.29, 0.717) is 38.1 Å². The normalized spacial score (nSPS) is 14.4. The van der Waals surface area contributed by atoms with E-state index in [9.17, 15) is 8.42 Å². The predicted molar refractivity (Wildman–Crippen MR) is 195 cm³/mol. The molecule has 0 aliphatic carbocycles. The summed E-state index contributed by atoms with van der Waals surface area (Å²) >= 11 is 0. The highest BCUT2D eigenvalue weighted by Crippen LogP contribution is 2.31. The van der Waals surface area contributed by atoms with E-state index >= 15 is 0 Å². The van der Waals surface area contributed by atoms with Gasteiger partial charge >= 0.3 is 0 Å². The third-order valence-electron chi connectivity index (χ3n) is 7.75. The number of aliphatic imine (C=N–C) groups is 2. The largest absolute Gasteiger partial charge is 0.369 e. The van der Waals surface area contributed by atoms with Crippen LogP contribution in [0.3, 0.4) is 0 Å². The standard InChI is InChI=1S/C18H22N4O2S.C18H24N4/c1-25(23,24)22-13-11-21(12-14-22)18(19)20-17-10-6-5-9-16(17)15-7-3-2-4-8-15;1-21(2)13-14-22(3)18(19)20-17-12-8-7-11-16(17)15-9-5-4-6-10-15/h2-10H,11-14H2,1H3,(H2,19,20);4-12H,13-14H2,1-3H3,(H2,19,20). The van der Waals surface area contributed by atoms with Crippen LogP contribution in [0.1, 0.15) is 0 Å². The van der Waals surface area contributed by atoms with Gasteiger partial charge in [-0.3, -0.25) is 0 Å². The molecule has 0 amide bonds. The van der Waals surface area contributed by atoms with Crippen molar-refractivity contribution in [1.82, 2.24) is 19.0 Å². The van der Waals surface area contributed by atoms with Crippen molar-refractivity contribution in [3.8, 4) is 22.3 Å². The van der Waals surface area contributed by atoms with Crippen molar-refractivity contribution in [2.45, 2.75) is 0 Å². The molecule has 5 rings (SSSR count). The van der Waals surface area contributed by atoms with Gasteiger partial charge in [-0.15, -0.1) is 0 Å². The van der Waals surface area contributed by atoms with Gasteiger partial charge in [0.25, 0.3) is 0 Å². The summed E-state index contributed by atoms with van der Waals surface area (Å²) in [5.41, 5.74) is 18.4. The number of nitrogens with zero attached hydrogens (tertiary/aromatic N) is 6. The highest BCUT2D eigenvalue weighted by molar-refractivity contribution is 7.88. The fourth-order valence-electron chi connectivity index (χ4n) is 4.98. The Morgan fingerprint density at radius 3 is 1.57 bits per heavy atom. The maximum absolute atomic E-state index is 11.6. The Morgan fingerprint density at radius 2 is 1.11 bits per heavy atom. The number of benzene rings is 4. The quantitative estimate of drug-likeness (QED) is 0.209. The average molecular weight is 655 g/mol. The lowest BCUT2D eigenvalue weighted by atomic mass is 10.0. The number of para-hydroxylation sites is 2. The lowest BCUT2D eigenvalue weighted by Gasteiger charge is -2.33. The Labute approximate surface area is 279 Å². The van der Waals surface area contributed by atoms with Crippen molar-refractivity contribution in [3.63, 3.8) is 0 Å². The molecule has 47 heavy (non-hydrogen) atoms. The molecule has 0 saturated carbocycles. The zero-order chi connectivity index (χ0) is 33.8. The molecule has 1 saturated heterocycles. The maximum Gasteiger partial charge on any atom is 0.211 e. The van der Waals surface area contributed by atoms with Crippen molar-refractivity contribution in [2.75, 3.05) is 66.7 Å². The topological polar surface area (TPSA) is 124 Å². The molecule has 10 nitrogen and oxygen atoms in total. The number of guanidine groups is 2. The van der Waals surface area contributed by atoms with E-state index in [-0.39, 0.29) is 0 Å². The molecule has 4 aromatic rings. The Balaban J connectivity index is 0.000000215. The molecule has 4 N–H and O–H groups in total. The molecule has 0 aromatic heterocycles. The van der Waals surface area contributed by atoms with Gasteiger partial charge in [0.1, 0.15) is 0 Å². The lowest BCUT2D eigenvalue weighted by molar-refractivity contribution is 0.265. The summed E-state index contributed by atoms with van der Waals surface area (Å²) in [6.07, 6.45) is 1.23. The van der Waals surface area contributed by atoms with Crippen molar-refractivity contribution in [3.05, 3.63) is 109 Å². The van der Waals surface area contributed by atoms with Crippen LogP contribution in [0.25, 0.3) is 22.3 Å². The van der Waals surface area contributed by atoms with E-state index in [1.54, 1.807) is 0 Å². The van der Waals surface area contributed by atoms with Crippen LogP contribution < -0.4 is 11.5 Å². The second kappa shape index (κ2) is 16.7. The molecule has 0 unspecified atom stereocenters. The molecule has 1 fully saturated rings. The number of rotatable bonds is 8. The van der Waals surface area contributed by atoms with E-state index in [1.807, 2.05) is 122 Å². The van der Waals surface area contributed by atoms with E-state index in [0.717, 1.165) is 46.7 Å². The SMILES string of the molecule is CN(C)CCN(C)C(N)=Nc1ccccc1-c1ccccc1.CS(=O)(=O)N1CCN(C(N)=Nc2ccccc2-c2ccccc2)CC1. The van der Waals surface area contributed by atoms with Crippen molar-refractivity contribution in [1.29, 1.82) is 0 Å². The number of piperazine rings is 1. The predicted octanol–water partition coefficient (Wildman–Crippen LogP) is 4.67. The third-order valence-corrected chi connectivity index (χ3v) is 9.06. The highest BCUT2D eigenvalue weighted by Gasteiger charge is 2.24. The third kappa shape index (κ3) is 10.4. The maximum atomic E-state index is 11.6. The van der Waals surface area contributed by atoms with E-state index in [2.05, 4.69) is 33.1 Å². The van der Waals surface area contributed by atoms with Crippen LogP contribution >= 0.6 is 0 Å². The molecule has 0 radical (unpaired) electrons. The van der Waals surface area contributed by atoms with Crippen molar-refractivity contribution in [2.24, 2.45) is 21.5 Å². The summed E-state index contributed by atoms with van der Waals surface area (Å²) in [6, 6.07) is 36.2. The van der Waals surface area contributed by atoms with E-state index in [4.69, 9.17) is 11.5 Å². The van der Waals surface area contributed by atoms with Gasteiger partial charge < -0.3 is 26.2 Å². The fourth-order valence-corrected chi connectivity index (χ4v) is 5.81. The molecule has 248 valence electrons. The number of nitrogens with two attached hydrogens (primary N) is 2. The average Bonchev–Trinajstić information content (AvgIpc) is 3.08. The minimum absolute atomic E-state index is 0.413. The summed E-state index contributed by atoms with van der Waals surface area (Å²) < 4.78 is 24.7. The zero-order valence-corrected chi connectivity index (χ0v) is 28.5. The van der Waals surface area contributed by atoms with Gasteiger partial charge in [0, 0.05) is 57.4 Å². The molecule has 0 atom stereocenters. The van der Waals surface area contributed by atoms with Gasteiger partial charge in [-0.25, -0.2) is 18.4 Å². The zero-order valence-electron chi connectivity index (χ0n) is 27.7. The van der Waals surface area contributed by atoms with Crippen LogP contribution in [0.5, 0.6) is 0 Å². The number of hydrogen-bond acceptors (Lipinski definition) is 5. The first-order valence-corrected chi connectivity index (χ1v) is 17.4. The first kappa shape index (κ1) is 35.1. The van der Waals surface area contributed by atoms with Gasteiger partial charge in [-0.2, -0.15) is 4.31 Å². The summed E-state index contributed by atoms with van der Waals surface area (Å²) in [4.78, 5) is 15.2. The molecule has 1 heterocycles. The van der Waals surface area contributed by atoms with E-state index in [1.165, 1.54) is 10.6 Å². The highest BCUT2D eigenvalue weighted by atomic mass is 32.2. The second-order valence-electron chi connectivity index (χ2n) is 11.6. The molecule has 4 aromatic carbocycles. The van der Waals surface area contributed by atoms with Gasteiger partial charge in [0.2, 0.25) is 10.0 Å². The Hall–Kier alpha value is -4.71. The molecule has 0 bridgehead atoms. The van der Waals surface area contributed by atoms with Crippen molar-refractivity contribution < 1.29 is 8.42 Å². The number of sulfonamides is 1. The van der Waals surface area contributed by atoms with Crippen LogP contribution in [0, 0.1) is 0 Å². The monoisotopic (exact) mass is 654 g/mol. The smallest absolute Gasteiger partial charge is 0.211 e. The van der Waals surface area contributed by atoms with Crippen LogP contribution in [0.15, 0.2) is 119 Å². The summed E-state index contributed by atoms with van der Waals surface area (Å²) in [6.45, 7) is 3.71. The lowest BCUT2D eigenvalue weighted by Crippen LogP contribution is -2.52. The first-order valence-electron chi connectivity index (χ1n) is 15.6. The van der Waals surface area contributed by atoms with Crippen LogP contribution in [-0.4, -0.2) is 106 Å². The molecule has 1 aliphatic heterocycles. The molecular weight excluding hydrogens is 609 g/mol. The fraction of sp³-hybridized carbons (Fsp3) is 0.278. The molecule has 0 spiro atoms. The van der Waals surface area contributed by atoms with Crippen LogP contribution in [0.2, 0.25) is 0 Å². The Bertz CT molecular complexity index is 1740. The minimum atomic E-state index is -3.15. The summed E-state index contributed by atoms with van der Waals surface area (Å²) in [5, 5.41) is 0. The summed E-state index contributed by atoms with van der Waals surface area (Å²) in [7, 11) is 2.91. The van der Waals surface area contributed by atoms with Crippen LogP contribution in [-0.2, 0) is 10.0 Å². The van der Waals surface area contributed by atoms with Gasteiger partial charge in [0.15, 0.2) is 11.9 Å². The van der Waals surface area contributed by atoms with Gasteiger partial charge in [0.05, 0.1) is 17.6 Å². The summed E-state index contributed by atoms with van der Waals surface area (Å²) in [5.74, 6) is 0.946. The van der Waals surface area contributed by atoms with E-state index < -0.39 is 10.0 Å². The number of likely N-dealkylation sites (N-methyl/N-ethyl adjacent to an activating group) is 2. The van der Waals surface area contributed by atoms with Gasteiger partial charge in [-0.1, -0.05) is 97.1 Å².